The molecule has 0 radical (unpaired) electrons. The molecule has 23 heavy (non-hydrogen) atoms. The zero-order valence-electron chi connectivity index (χ0n) is 13.0. The third-order valence-electron chi connectivity index (χ3n) is 3.17. The van der Waals surface area contributed by atoms with E-state index in [1.807, 2.05) is 17.5 Å². The summed E-state index contributed by atoms with van der Waals surface area (Å²) in [6, 6.07) is 3.85. The molecule has 0 aliphatic carbocycles. The molecule has 8 heteroatoms. The van der Waals surface area contributed by atoms with Gasteiger partial charge in [-0.05, 0) is 11.4 Å². The van der Waals surface area contributed by atoms with Crippen LogP contribution >= 0.6 is 23.1 Å². The number of thiophene rings is 1. The quantitative estimate of drug-likeness (QED) is 0.604. The van der Waals surface area contributed by atoms with Crippen molar-refractivity contribution in [3.05, 3.63) is 22.4 Å². The second-order valence-corrected chi connectivity index (χ2v) is 7.22. The van der Waals surface area contributed by atoms with Crippen molar-refractivity contribution in [2.75, 3.05) is 5.75 Å². The number of carbonyl (C=O) groups excluding carboxylic acids is 3. The summed E-state index contributed by atoms with van der Waals surface area (Å²) >= 11 is 3.05. The Hall–Kier alpha value is -1.54. The van der Waals surface area contributed by atoms with Crippen molar-refractivity contribution in [1.82, 2.24) is 0 Å². The predicted octanol–water partition coefficient (Wildman–Crippen LogP) is 2.33. The fourth-order valence-corrected chi connectivity index (χ4v) is 4.85. The second kappa shape index (κ2) is 7.83. The van der Waals surface area contributed by atoms with Crippen LogP contribution in [0.25, 0.3) is 0 Å². The number of thioether (sulfide) groups is 1. The van der Waals surface area contributed by atoms with E-state index < -0.39 is 36.2 Å². The standard InChI is InChI=1S/C15H18O6S2/c1-8(16)19-11-7-23-15(12-5-4-6-22-12)14(21-10(3)18)13(11)20-9(2)17/h4-6,11,13-15H,7H2,1-3H3/t11-,13+,14-,15-/m1/s1. The van der Waals surface area contributed by atoms with Crippen molar-refractivity contribution in [3.63, 3.8) is 0 Å². The Balaban J connectivity index is 2.31. The normalized spacial score (nSPS) is 27.1. The van der Waals surface area contributed by atoms with Crippen LogP contribution in [0.4, 0.5) is 0 Å². The molecule has 0 saturated carbocycles. The molecule has 6 nitrogen and oxygen atoms in total. The number of hydrogen-bond donors (Lipinski definition) is 0. The highest BCUT2D eigenvalue weighted by Crippen LogP contribution is 2.44. The highest BCUT2D eigenvalue weighted by atomic mass is 32.2. The molecule has 1 aromatic heterocycles. The Bertz CT molecular complexity index is 571. The molecule has 0 unspecified atom stereocenters. The van der Waals surface area contributed by atoms with Crippen LogP contribution in [0.3, 0.4) is 0 Å². The van der Waals surface area contributed by atoms with E-state index in [0.29, 0.717) is 5.75 Å². The van der Waals surface area contributed by atoms with E-state index in [2.05, 4.69) is 0 Å². The monoisotopic (exact) mass is 358 g/mol. The fourth-order valence-electron chi connectivity index (χ4n) is 2.44. The molecule has 2 rings (SSSR count). The Morgan fingerprint density at radius 2 is 1.61 bits per heavy atom. The molecule has 0 spiro atoms. The topological polar surface area (TPSA) is 78.9 Å². The molecule has 1 aromatic rings. The molecule has 4 atom stereocenters. The Labute approximate surface area is 142 Å². The van der Waals surface area contributed by atoms with E-state index in [9.17, 15) is 14.4 Å². The van der Waals surface area contributed by atoms with E-state index in [0.717, 1.165) is 4.88 Å². The first-order valence-corrected chi connectivity index (χ1v) is 8.98. The minimum absolute atomic E-state index is 0.171. The van der Waals surface area contributed by atoms with Crippen molar-refractivity contribution in [3.8, 4) is 0 Å². The molecule has 126 valence electrons. The average Bonchev–Trinajstić information content (AvgIpc) is 2.94. The van der Waals surface area contributed by atoms with Crippen LogP contribution in [0.2, 0.25) is 0 Å². The Morgan fingerprint density at radius 3 is 2.13 bits per heavy atom. The van der Waals surface area contributed by atoms with E-state index in [1.54, 1.807) is 0 Å². The van der Waals surface area contributed by atoms with Gasteiger partial charge in [-0.1, -0.05) is 6.07 Å². The first-order valence-electron chi connectivity index (χ1n) is 7.05. The SMILES string of the molecule is CC(=O)O[C@@H]1[C@@H](OC(C)=O)[C@H](OC(C)=O)CS[C@@H]1c1cccs1. The third-order valence-corrected chi connectivity index (χ3v) is 5.68. The number of rotatable bonds is 4. The van der Waals surface area contributed by atoms with E-state index in [4.69, 9.17) is 14.2 Å². The largest absolute Gasteiger partial charge is 0.458 e. The second-order valence-electron chi connectivity index (χ2n) is 5.07. The van der Waals surface area contributed by atoms with Crippen LogP contribution in [-0.4, -0.2) is 42.0 Å². The van der Waals surface area contributed by atoms with Gasteiger partial charge in [0.05, 0.1) is 5.25 Å². The smallest absolute Gasteiger partial charge is 0.303 e. The highest BCUT2D eigenvalue weighted by Gasteiger charge is 2.47. The fraction of sp³-hybridized carbons (Fsp3) is 0.533. The lowest BCUT2D eigenvalue weighted by Crippen LogP contribution is -2.51. The first-order chi connectivity index (χ1) is 10.9. The van der Waals surface area contributed by atoms with E-state index in [1.165, 1.54) is 43.9 Å². The molecule has 1 fully saturated rings. The van der Waals surface area contributed by atoms with Crippen LogP contribution in [-0.2, 0) is 28.6 Å². The minimum Gasteiger partial charge on any atom is -0.458 e. The molecular weight excluding hydrogens is 340 g/mol. The van der Waals surface area contributed by atoms with Crippen molar-refractivity contribution < 1.29 is 28.6 Å². The minimum atomic E-state index is -0.825. The average molecular weight is 358 g/mol. The molecule has 1 saturated heterocycles. The van der Waals surface area contributed by atoms with Crippen LogP contribution in [0, 0.1) is 0 Å². The molecular formula is C15H18O6S2. The number of hydrogen-bond acceptors (Lipinski definition) is 8. The lowest BCUT2D eigenvalue weighted by atomic mass is 10.0. The number of carbonyl (C=O) groups is 3. The summed E-state index contributed by atoms with van der Waals surface area (Å²) in [6.45, 7) is 3.87. The Kier molecular flexibility index (Phi) is 6.06. The number of esters is 3. The maximum atomic E-state index is 11.5. The highest BCUT2D eigenvalue weighted by molar-refractivity contribution is 7.99. The van der Waals surface area contributed by atoms with Crippen molar-refractivity contribution in [2.45, 2.75) is 44.3 Å². The van der Waals surface area contributed by atoms with Gasteiger partial charge in [-0.15, -0.1) is 23.1 Å². The van der Waals surface area contributed by atoms with Crippen LogP contribution in [0.1, 0.15) is 30.9 Å². The van der Waals surface area contributed by atoms with Gasteiger partial charge < -0.3 is 14.2 Å². The maximum Gasteiger partial charge on any atom is 0.303 e. The molecule has 0 bridgehead atoms. The molecule has 0 amide bonds. The summed E-state index contributed by atoms with van der Waals surface area (Å²) in [6.07, 6.45) is -2.19. The summed E-state index contributed by atoms with van der Waals surface area (Å²) in [7, 11) is 0. The van der Waals surface area contributed by atoms with Crippen LogP contribution < -0.4 is 0 Å². The van der Waals surface area contributed by atoms with Gasteiger partial charge in [-0.3, -0.25) is 14.4 Å². The Morgan fingerprint density at radius 1 is 1.00 bits per heavy atom. The van der Waals surface area contributed by atoms with E-state index in [-0.39, 0.29) is 5.25 Å². The zero-order valence-corrected chi connectivity index (χ0v) is 14.6. The molecule has 1 aliphatic rings. The molecule has 0 aromatic carbocycles. The third kappa shape index (κ3) is 4.71. The van der Waals surface area contributed by atoms with E-state index >= 15 is 0 Å². The first kappa shape index (κ1) is 17.8. The summed E-state index contributed by atoms with van der Waals surface area (Å²) < 4.78 is 16.0. The van der Waals surface area contributed by atoms with Crippen LogP contribution in [0.15, 0.2) is 17.5 Å². The van der Waals surface area contributed by atoms with Gasteiger partial charge in [0.15, 0.2) is 18.3 Å². The molecule has 0 N–H and O–H groups in total. The predicted molar refractivity (Wildman–Crippen MR) is 86.2 cm³/mol. The van der Waals surface area contributed by atoms with Gasteiger partial charge >= 0.3 is 17.9 Å². The maximum absolute atomic E-state index is 11.5. The summed E-state index contributed by atoms with van der Waals surface area (Å²) in [4.78, 5) is 35.3. The van der Waals surface area contributed by atoms with Crippen molar-refractivity contribution in [1.29, 1.82) is 0 Å². The lowest BCUT2D eigenvalue weighted by molar-refractivity contribution is -0.182. The van der Waals surface area contributed by atoms with Gasteiger partial charge in [0.2, 0.25) is 0 Å². The summed E-state index contributed by atoms with van der Waals surface area (Å²) in [5.41, 5.74) is 0. The van der Waals surface area contributed by atoms with Gasteiger partial charge in [-0.25, -0.2) is 0 Å². The van der Waals surface area contributed by atoms with Crippen molar-refractivity contribution >= 4 is 41.0 Å². The van der Waals surface area contributed by atoms with Gasteiger partial charge in [0, 0.05) is 31.4 Å². The lowest BCUT2D eigenvalue weighted by Gasteiger charge is -2.40. The summed E-state index contributed by atoms with van der Waals surface area (Å²) in [5, 5.41) is 1.76. The molecule has 1 aliphatic heterocycles. The van der Waals surface area contributed by atoms with Crippen LogP contribution in [0.5, 0.6) is 0 Å². The zero-order chi connectivity index (χ0) is 17.0. The van der Waals surface area contributed by atoms with Gasteiger partial charge in [0.1, 0.15) is 0 Å². The van der Waals surface area contributed by atoms with Gasteiger partial charge in [0.25, 0.3) is 0 Å². The summed E-state index contributed by atoms with van der Waals surface area (Å²) in [5.74, 6) is -1.000. The van der Waals surface area contributed by atoms with Gasteiger partial charge in [-0.2, -0.15) is 0 Å². The van der Waals surface area contributed by atoms with Crippen molar-refractivity contribution in [2.24, 2.45) is 0 Å². The molecule has 2 heterocycles. The number of ether oxygens (including phenoxy) is 3.